The molecule has 7 nitrogen and oxygen atoms in total. The topological polar surface area (TPSA) is 92.3 Å². The lowest BCUT2D eigenvalue weighted by Crippen LogP contribution is -2.27. The molecule has 28 heavy (non-hydrogen) atoms. The Labute approximate surface area is 174 Å². The highest BCUT2D eigenvalue weighted by Crippen LogP contribution is 2.32. The molecule has 3 heterocycles. The second-order valence-electron chi connectivity index (χ2n) is 6.12. The first-order chi connectivity index (χ1) is 13.4. The van der Waals surface area contributed by atoms with Crippen LogP contribution >= 0.6 is 34.4 Å². The molecule has 1 N–H and O–H groups in total. The lowest BCUT2D eigenvalue weighted by atomic mass is 10.1. The van der Waals surface area contributed by atoms with Gasteiger partial charge < -0.3 is 0 Å². The van der Waals surface area contributed by atoms with Gasteiger partial charge in [0.1, 0.15) is 0 Å². The van der Waals surface area contributed by atoms with Gasteiger partial charge in [-0.05, 0) is 41.6 Å². The molecule has 1 aliphatic heterocycles. The molecular weight excluding hydrogens is 436 g/mol. The third kappa shape index (κ3) is 4.22. The molecule has 1 amide bonds. The van der Waals surface area contributed by atoms with Gasteiger partial charge in [0.05, 0.1) is 11.9 Å². The summed E-state index contributed by atoms with van der Waals surface area (Å²) in [5, 5.41) is 13.4. The molecule has 0 radical (unpaired) electrons. The first-order valence-electron chi connectivity index (χ1n) is 8.31. The number of nitrogens with zero attached hydrogens (tertiary/aromatic N) is 3. The standard InChI is InChI=1S/C17H16N4O3S4/c1-28(23,24)21-7-6-11-9-12(4-5-14(11)21)15(22)18-16-19-20-17(27-16)26-10-13-3-2-8-25-13/h2-5,8-9H,6-7,10H2,1H3,(H,18,19,22). The van der Waals surface area contributed by atoms with E-state index in [1.54, 1.807) is 41.3 Å². The first kappa shape index (κ1) is 19.4. The number of sulfonamides is 1. The summed E-state index contributed by atoms with van der Waals surface area (Å²) in [4.78, 5) is 13.8. The van der Waals surface area contributed by atoms with Crippen molar-refractivity contribution >= 4 is 61.2 Å². The number of carbonyl (C=O) groups is 1. The molecule has 0 atom stereocenters. The molecule has 0 aliphatic carbocycles. The summed E-state index contributed by atoms with van der Waals surface area (Å²) in [5.74, 6) is 0.536. The van der Waals surface area contributed by atoms with Crippen LogP contribution in [0.5, 0.6) is 0 Å². The highest BCUT2D eigenvalue weighted by molar-refractivity contribution is 8.00. The molecule has 1 aromatic carbocycles. The summed E-state index contributed by atoms with van der Waals surface area (Å²) in [6, 6.07) is 9.13. The number of thioether (sulfide) groups is 1. The number of hydrogen-bond donors (Lipinski definition) is 1. The van der Waals surface area contributed by atoms with Crippen molar-refractivity contribution in [3.8, 4) is 0 Å². The molecule has 0 bridgehead atoms. The van der Waals surface area contributed by atoms with Gasteiger partial charge in [-0.2, -0.15) is 0 Å². The van der Waals surface area contributed by atoms with E-state index in [0.29, 0.717) is 29.3 Å². The van der Waals surface area contributed by atoms with Gasteiger partial charge in [0, 0.05) is 22.7 Å². The zero-order valence-electron chi connectivity index (χ0n) is 14.8. The van der Waals surface area contributed by atoms with Crippen molar-refractivity contribution in [2.45, 2.75) is 16.5 Å². The maximum absolute atomic E-state index is 12.5. The van der Waals surface area contributed by atoms with E-state index >= 15 is 0 Å². The Hall–Kier alpha value is -1.95. The zero-order chi connectivity index (χ0) is 19.7. The summed E-state index contributed by atoms with van der Waals surface area (Å²) < 4.78 is 25.8. The minimum atomic E-state index is -3.30. The molecule has 0 unspecified atom stereocenters. The Morgan fingerprint density at radius 2 is 2.18 bits per heavy atom. The molecule has 0 spiro atoms. The van der Waals surface area contributed by atoms with Crippen molar-refractivity contribution in [3.05, 3.63) is 51.7 Å². The summed E-state index contributed by atoms with van der Waals surface area (Å²) >= 11 is 4.61. The number of aromatic nitrogens is 2. The lowest BCUT2D eigenvalue weighted by Gasteiger charge is -2.16. The quantitative estimate of drug-likeness (QED) is 0.455. The number of carbonyl (C=O) groups excluding carboxylic acids is 1. The monoisotopic (exact) mass is 452 g/mol. The highest BCUT2D eigenvalue weighted by Gasteiger charge is 2.26. The summed E-state index contributed by atoms with van der Waals surface area (Å²) in [7, 11) is -3.30. The molecule has 0 saturated heterocycles. The lowest BCUT2D eigenvalue weighted by molar-refractivity contribution is 0.102. The third-order valence-electron chi connectivity index (χ3n) is 4.14. The molecule has 3 aromatic rings. The number of anilines is 2. The van der Waals surface area contributed by atoms with E-state index in [4.69, 9.17) is 0 Å². The molecule has 0 fully saturated rings. The Morgan fingerprint density at radius 3 is 2.93 bits per heavy atom. The minimum Gasteiger partial charge on any atom is -0.296 e. The number of fused-ring (bicyclic) bond motifs is 1. The first-order valence-corrected chi connectivity index (χ1v) is 12.8. The third-order valence-corrected chi connectivity index (χ3v) is 8.40. The number of thiophene rings is 1. The van der Waals surface area contributed by atoms with Crippen molar-refractivity contribution in [1.29, 1.82) is 0 Å². The predicted octanol–water partition coefficient (Wildman–Crippen LogP) is 3.47. The van der Waals surface area contributed by atoms with Crippen LogP contribution in [0.15, 0.2) is 40.1 Å². The molecule has 146 valence electrons. The fourth-order valence-electron chi connectivity index (χ4n) is 2.87. The van der Waals surface area contributed by atoms with E-state index in [1.807, 2.05) is 11.4 Å². The maximum Gasteiger partial charge on any atom is 0.257 e. The summed E-state index contributed by atoms with van der Waals surface area (Å²) in [5.41, 5.74) is 1.96. The van der Waals surface area contributed by atoms with E-state index < -0.39 is 10.0 Å². The van der Waals surface area contributed by atoms with Crippen molar-refractivity contribution in [2.75, 3.05) is 22.4 Å². The zero-order valence-corrected chi connectivity index (χ0v) is 18.1. The van der Waals surface area contributed by atoms with Gasteiger partial charge in [-0.15, -0.1) is 21.5 Å². The van der Waals surface area contributed by atoms with Crippen molar-refractivity contribution < 1.29 is 13.2 Å². The van der Waals surface area contributed by atoms with Crippen LogP contribution in [-0.4, -0.2) is 37.3 Å². The maximum atomic E-state index is 12.5. The summed E-state index contributed by atoms with van der Waals surface area (Å²) in [6.45, 7) is 0.403. The SMILES string of the molecule is CS(=O)(=O)N1CCc2cc(C(=O)Nc3nnc(SCc4cccs4)s3)ccc21. The van der Waals surface area contributed by atoms with Gasteiger partial charge in [-0.1, -0.05) is 29.2 Å². The number of nitrogens with one attached hydrogen (secondary N) is 1. The Kier molecular flexibility index (Phi) is 5.41. The van der Waals surface area contributed by atoms with Gasteiger partial charge in [-0.3, -0.25) is 14.4 Å². The number of amides is 1. The van der Waals surface area contributed by atoms with Gasteiger partial charge in [0.15, 0.2) is 4.34 Å². The molecule has 11 heteroatoms. The van der Waals surface area contributed by atoms with Crippen LogP contribution < -0.4 is 9.62 Å². The van der Waals surface area contributed by atoms with E-state index in [9.17, 15) is 13.2 Å². The van der Waals surface area contributed by atoms with Crippen LogP contribution in [0.1, 0.15) is 20.8 Å². The van der Waals surface area contributed by atoms with Crippen molar-refractivity contribution in [1.82, 2.24) is 10.2 Å². The highest BCUT2D eigenvalue weighted by atomic mass is 32.2. The second-order valence-corrected chi connectivity index (χ2v) is 11.3. The van der Waals surface area contributed by atoms with Crippen LogP contribution in [-0.2, 0) is 22.2 Å². The van der Waals surface area contributed by atoms with Crippen LogP contribution in [0.3, 0.4) is 0 Å². The van der Waals surface area contributed by atoms with E-state index in [-0.39, 0.29) is 5.91 Å². The molecule has 4 rings (SSSR count). The van der Waals surface area contributed by atoms with Crippen LogP contribution in [0.25, 0.3) is 0 Å². The minimum absolute atomic E-state index is 0.286. The van der Waals surface area contributed by atoms with E-state index in [1.165, 1.54) is 26.8 Å². The van der Waals surface area contributed by atoms with Crippen LogP contribution in [0.4, 0.5) is 10.8 Å². The van der Waals surface area contributed by atoms with E-state index in [0.717, 1.165) is 15.7 Å². The average Bonchev–Trinajstić information content (AvgIpc) is 3.39. The van der Waals surface area contributed by atoms with Crippen LogP contribution in [0.2, 0.25) is 0 Å². The molecule has 2 aromatic heterocycles. The van der Waals surface area contributed by atoms with Gasteiger partial charge in [0.2, 0.25) is 15.2 Å². The predicted molar refractivity (Wildman–Crippen MR) is 114 cm³/mol. The normalized spacial score (nSPS) is 13.5. The summed E-state index contributed by atoms with van der Waals surface area (Å²) in [6.07, 6.45) is 1.78. The molecule has 1 aliphatic rings. The largest absolute Gasteiger partial charge is 0.296 e. The van der Waals surface area contributed by atoms with Gasteiger partial charge >= 0.3 is 0 Å². The van der Waals surface area contributed by atoms with Crippen LogP contribution in [0, 0.1) is 0 Å². The Bertz CT molecular complexity index is 1110. The number of hydrogen-bond acceptors (Lipinski definition) is 8. The van der Waals surface area contributed by atoms with Crippen molar-refractivity contribution in [3.63, 3.8) is 0 Å². The van der Waals surface area contributed by atoms with Gasteiger partial charge in [0.25, 0.3) is 5.91 Å². The average molecular weight is 453 g/mol. The number of benzene rings is 1. The van der Waals surface area contributed by atoms with Crippen molar-refractivity contribution in [2.24, 2.45) is 0 Å². The Balaban J connectivity index is 1.42. The van der Waals surface area contributed by atoms with E-state index in [2.05, 4.69) is 21.6 Å². The van der Waals surface area contributed by atoms with Gasteiger partial charge in [-0.25, -0.2) is 8.42 Å². The fourth-order valence-corrected chi connectivity index (χ4v) is 6.35. The number of rotatable bonds is 6. The second kappa shape index (κ2) is 7.82. The molecule has 0 saturated carbocycles. The fraction of sp³-hybridized carbons (Fsp3) is 0.235. The smallest absolute Gasteiger partial charge is 0.257 e. The molecular formula is C17H16N4O3S4. The Morgan fingerprint density at radius 1 is 1.32 bits per heavy atom.